The Hall–Kier alpha value is -4.20. The van der Waals surface area contributed by atoms with E-state index in [0.717, 1.165) is 29.3 Å². The van der Waals surface area contributed by atoms with E-state index in [2.05, 4.69) is 0 Å². The number of Topliss-reactive ketones (excluding diaryl/α,β-unsaturated/α-hetero) is 1. The number of fused-ring (bicyclic) bond motifs is 2. The lowest BCUT2D eigenvalue weighted by Crippen LogP contribution is -2.32. The fourth-order valence-corrected chi connectivity index (χ4v) is 6.42. The number of allylic oxidation sites excluding steroid dienone is 1. The summed E-state index contributed by atoms with van der Waals surface area (Å²) in [6.07, 6.45) is 7.97. The van der Waals surface area contributed by atoms with E-state index >= 15 is 0 Å². The van der Waals surface area contributed by atoms with Crippen molar-refractivity contribution in [3.05, 3.63) is 74.6 Å². The van der Waals surface area contributed by atoms with E-state index < -0.39 is 24.0 Å². The number of esters is 2. The molecule has 212 valence electrons. The maximum Gasteiger partial charge on any atom is 0.342 e. The van der Waals surface area contributed by atoms with Crippen LogP contribution in [-0.4, -0.2) is 33.5 Å². The molecule has 41 heavy (non-hydrogen) atoms. The summed E-state index contributed by atoms with van der Waals surface area (Å²) in [6, 6.07) is 9.32. The minimum Gasteiger partial charge on any atom is -0.507 e. The summed E-state index contributed by atoms with van der Waals surface area (Å²) in [4.78, 5) is 52.3. The highest BCUT2D eigenvalue weighted by Gasteiger charge is 2.37. The molecule has 3 aliphatic heterocycles. The molecule has 0 saturated carbocycles. The molecule has 0 unspecified atom stereocenters. The summed E-state index contributed by atoms with van der Waals surface area (Å²) in [5, 5.41) is 12.6. The van der Waals surface area contributed by atoms with Gasteiger partial charge in [0.05, 0.1) is 18.0 Å². The number of cyclic esters (lactones) is 1. The number of hydrogen-bond donors (Lipinski definition) is 1. The number of nitrogens with zero attached hydrogens (tertiary/aromatic N) is 1. The van der Waals surface area contributed by atoms with E-state index in [1.807, 2.05) is 30.3 Å². The van der Waals surface area contributed by atoms with Crippen LogP contribution in [0.2, 0.25) is 0 Å². The number of pyridine rings is 1. The first-order chi connectivity index (χ1) is 19.8. The zero-order valence-electron chi connectivity index (χ0n) is 23.1. The minimum absolute atomic E-state index is 0.0209. The molecule has 0 amide bonds. The summed E-state index contributed by atoms with van der Waals surface area (Å²) in [6.45, 7) is 2.33. The van der Waals surface area contributed by atoms with Crippen LogP contribution in [0.3, 0.4) is 0 Å². The van der Waals surface area contributed by atoms with Gasteiger partial charge in [0, 0.05) is 36.4 Å². The van der Waals surface area contributed by atoms with Crippen LogP contribution in [0.15, 0.2) is 41.2 Å². The van der Waals surface area contributed by atoms with Crippen molar-refractivity contribution in [2.24, 2.45) is 0 Å². The van der Waals surface area contributed by atoms with Crippen molar-refractivity contribution < 1.29 is 29.0 Å². The lowest BCUT2D eigenvalue weighted by molar-refractivity contribution is -0.135. The second-order valence-corrected chi connectivity index (χ2v) is 11.3. The number of aromatic nitrogens is 1. The minimum atomic E-state index is -0.795. The molecular formula is C33H33NO7. The molecule has 4 heterocycles. The Kier molecular flexibility index (Phi) is 7.24. The van der Waals surface area contributed by atoms with Gasteiger partial charge < -0.3 is 19.1 Å². The number of phenolic OH excluding ortho intramolecular Hbond substituents is 1. The van der Waals surface area contributed by atoms with Crippen molar-refractivity contribution in [3.63, 3.8) is 0 Å². The van der Waals surface area contributed by atoms with Crippen LogP contribution in [0.5, 0.6) is 11.5 Å². The molecule has 1 aromatic heterocycles. The van der Waals surface area contributed by atoms with Crippen LogP contribution in [0.1, 0.15) is 96.8 Å². The smallest absolute Gasteiger partial charge is 0.342 e. The maximum atomic E-state index is 13.9. The predicted molar refractivity (Wildman–Crippen MR) is 153 cm³/mol. The SMILES string of the molecule is C[C@H]1CCCC(=O)CCC/C=C/c2cc3c(c(O)c2C(=O)O1)[C@@H](c1cc2cccc4c2n(c1=O)CCC4)CC(=O)O3. The molecule has 1 N–H and O–H groups in total. The quantitative estimate of drug-likeness (QED) is 0.308. The van der Waals surface area contributed by atoms with Gasteiger partial charge in [0.25, 0.3) is 5.56 Å². The molecule has 0 bridgehead atoms. The van der Waals surface area contributed by atoms with Crippen LogP contribution >= 0.6 is 0 Å². The molecule has 6 rings (SSSR count). The van der Waals surface area contributed by atoms with E-state index in [1.165, 1.54) is 0 Å². The Bertz CT molecular complexity index is 1660. The van der Waals surface area contributed by atoms with E-state index in [4.69, 9.17) is 9.47 Å². The van der Waals surface area contributed by atoms with Crippen LogP contribution in [-0.2, 0) is 27.3 Å². The van der Waals surface area contributed by atoms with E-state index in [-0.39, 0.29) is 40.4 Å². The predicted octanol–water partition coefficient (Wildman–Crippen LogP) is 5.58. The molecule has 0 saturated heterocycles. The number of rotatable bonds is 1. The highest BCUT2D eigenvalue weighted by atomic mass is 16.5. The van der Waals surface area contributed by atoms with E-state index in [0.29, 0.717) is 56.2 Å². The first kappa shape index (κ1) is 27.0. The molecule has 2 aromatic carbocycles. The number of carbonyl (C=O) groups excluding carboxylic acids is 3. The average Bonchev–Trinajstić information content (AvgIpc) is 2.93. The second kappa shape index (κ2) is 11.0. The largest absolute Gasteiger partial charge is 0.507 e. The van der Waals surface area contributed by atoms with Gasteiger partial charge in [-0.3, -0.25) is 14.4 Å². The van der Waals surface area contributed by atoms with Gasteiger partial charge in [-0.25, -0.2) is 4.79 Å². The van der Waals surface area contributed by atoms with Gasteiger partial charge in [-0.05, 0) is 74.1 Å². The number of aromatic hydroxyl groups is 1. The number of phenols is 1. The average molecular weight is 556 g/mol. The van der Waals surface area contributed by atoms with Gasteiger partial charge in [0.2, 0.25) is 0 Å². The third-order valence-electron chi connectivity index (χ3n) is 8.41. The van der Waals surface area contributed by atoms with Crippen LogP contribution in [0.4, 0.5) is 0 Å². The van der Waals surface area contributed by atoms with Crippen molar-refractivity contribution >= 4 is 34.7 Å². The molecule has 0 fully saturated rings. The normalized spacial score (nSPS) is 22.2. The van der Waals surface area contributed by atoms with E-state index in [1.54, 1.807) is 23.6 Å². The number of ketones is 1. The van der Waals surface area contributed by atoms with Crippen LogP contribution < -0.4 is 10.3 Å². The molecule has 3 aromatic rings. The van der Waals surface area contributed by atoms with Crippen LogP contribution in [0.25, 0.3) is 17.0 Å². The number of carbonyl (C=O) groups is 3. The third kappa shape index (κ3) is 5.07. The van der Waals surface area contributed by atoms with Crippen molar-refractivity contribution in [2.45, 2.75) is 83.3 Å². The summed E-state index contributed by atoms with van der Waals surface area (Å²) in [7, 11) is 0. The standard InChI is InChI=1S/C33H33NO7/c1-19-8-5-14-23(35)13-4-2-3-9-21-17-26-29(31(37)28(21)33(39)40-19)24(18-27(36)41-26)25-16-22-11-6-10-20-12-7-15-34(30(20)22)32(25)38/h3,6,9-11,16-17,19,24,37H,2,4-5,7-8,12-15,18H2,1H3/b9-3+/t19-,24+/m0/s1. The van der Waals surface area contributed by atoms with Gasteiger partial charge in [-0.1, -0.05) is 30.4 Å². The Morgan fingerprint density at radius 2 is 1.83 bits per heavy atom. The summed E-state index contributed by atoms with van der Waals surface area (Å²) in [5.41, 5.74) is 2.77. The topological polar surface area (TPSA) is 112 Å². The zero-order chi connectivity index (χ0) is 28.7. The first-order valence-electron chi connectivity index (χ1n) is 14.5. The van der Waals surface area contributed by atoms with Gasteiger partial charge in [0.15, 0.2) is 0 Å². The van der Waals surface area contributed by atoms with Crippen molar-refractivity contribution in [3.8, 4) is 11.5 Å². The highest BCUT2D eigenvalue weighted by molar-refractivity contribution is 5.99. The number of aryl methyl sites for hydroxylation is 2. The van der Waals surface area contributed by atoms with Gasteiger partial charge >= 0.3 is 11.9 Å². The Morgan fingerprint density at radius 3 is 2.68 bits per heavy atom. The number of hydrogen-bond acceptors (Lipinski definition) is 7. The number of ether oxygens (including phenoxy) is 2. The molecule has 0 radical (unpaired) electrons. The van der Waals surface area contributed by atoms with Crippen LogP contribution in [0, 0.1) is 0 Å². The third-order valence-corrected chi connectivity index (χ3v) is 8.41. The molecule has 0 spiro atoms. The molecule has 0 aliphatic carbocycles. The Balaban J connectivity index is 1.50. The number of para-hydroxylation sites is 1. The summed E-state index contributed by atoms with van der Waals surface area (Å²) < 4.78 is 13.1. The molecule has 3 aliphatic rings. The molecule has 8 nitrogen and oxygen atoms in total. The Morgan fingerprint density at radius 1 is 1.00 bits per heavy atom. The summed E-state index contributed by atoms with van der Waals surface area (Å²) in [5.74, 6) is -2.05. The zero-order valence-corrected chi connectivity index (χ0v) is 23.1. The fraction of sp³-hybridized carbons (Fsp3) is 0.394. The highest BCUT2D eigenvalue weighted by Crippen LogP contribution is 2.47. The van der Waals surface area contributed by atoms with Crippen molar-refractivity contribution in [1.82, 2.24) is 4.57 Å². The molecule has 2 atom stereocenters. The van der Waals surface area contributed by atoms with Crippen molar-refractivity contribution in [1.29, 1.82) is 0 Å². The monoisotopic (exact) mass is 555 g/mol. The summed E-state index contributed by atoms with van der Waals surface area (Å²) >= 11 is 0. The van der Waals surface area contributed by atoms with Gasteiger partial charge in [-0.2, -0.15) is 0 Å². The first-order valence-corrected chi connectivity index (χ1v) is 14.5. The lowest BCUT2D eigenvalue weighted by Gasteiger charge is -2.28. The maximum absolute atomic E-state index is 13.9. The van der Waals surface area contributed by atoms with E-state index in [9.17, 15) is 24.3 Å². The Labute approximate surface area is 237 Å². The number of benzene rings is 2. The second-order valence-electron chi connectivity index (χ2n) is 11.3. The molecular weight excluding hydrogens is 522 g/mol. The van der Waals surface area contributed by atoms with Crippen molar-refractivity contribution in [2.75, 3.05) is 0 Å². The fourth-order valence-electron chi connectivity index (χ4n) is 6.42. The van der Waals surface area contributed by atoms with Gasteiger partial charge in [-0.15, -0.1) is 0 Å². The lowest BCUT2D eigenvalue weighted by atomic mass is 9.83. The van der Waals surface area contributed by atoms with Gasteiger partial charge in [0.1, 0.15) is 22.8 Å². The molecule has 8 heteroatoms.